The van der Waals surface area contributed by atoms with Crippen molar-refractivity contribution in [2.75, 3.05) is 7.11 Å². The van der Waals surface area contributed by atoms with Crippen molar-refractivity contribution in [1.29, 1.82) is 0 Å². The zero-order valence-electron chi connectivity index (χ0n) is 15.4. The average Bonchev–Trinajstić information content (AvgIpc) is 2.93. The summed E-state index contributed by atoms with van der Waals surface area (Å²) in [6.45, 7) is 2.30. The summed E-state index contributed by atoms with van der Waals surface area (Å²) in [6, 6.07) is 6.91. The normalized spacial score (nSPS) is 38.6. The lowest BCUT2D eigenvalue weighted by atomic mass is 9.44. The van der Waals surface area contributed by atoms with E-state index in [9.17, 15) is 0 Å². The van der Waals surface area contributed by atoms with Crippen molar-refractivity contribution in [3.63, 3.8) is 0 Å². The Hall–Kier alpha value is -0.940. The van der Waals surface area contributed by atoms with Gasteiger partial charge >= 0.3 is 0 Å². The number of ether oxygens (including phenoxy) is 2. The molecule has 1 saturated carbocycles. The van der Waals surface area contributed by atoms with Crippen molar-refractivity contribution in [3.8, 4) is 0 Å². The number of halogens is 1. The Morgan fingerprint density at radius 2 is 2.16 bits per heavy atom. The van der Waals surface area contributed by atoms with E-state index in [0.29, 0.717) is 18.0 Å². The van der Waals surface area contributed by atoms with Crippen LogP contribution in [0.4, 0.5) is 0 Å². The van der Waals surface area contributed by atoms with E-state index in [1.54, 1.807) is 0 Å². The van der Waals surface area contributed by atoms with Crippen LogP contribution in [0.15, 0.2) is 27.7 Å². The molecule has 2 aliphatic carbocycles. The Bertz CT molecular complexity index is 757. The standard InChI is InChI=1S/C18H25B2BrN2O2/c1-10-8-16(6-5-14(10)24-2)9-11-3-4-12(21)7-13(11)17(16)18(19,20)25-15(22)23-17/h3-4,7,10,14H,5-6,8-9,19-20H2,1-2H3,(H2,22,23)/t10-,14-,16-,17+/m1/s1. The zero-order valence-corrected chi connectivity index (χ0v) is 17.0. The van der Waals surface area contributed by atoms with E-state index in [2.05, 4.69) is 56.7 Å². The molecule has 1 aromatic rings. The van der Waals surface area contributed by atoms with Crippen LogP contribution in [0.1, 0.15) is 37.3 Å². The van der Waals surface area contributed by atoms with Gasteiger partial charge in [0.15, 0.2) is 15.7 Å². The first-order valence-corrected chi connectivity index (χ1v) is 9.90. The van der Waals surface area contributed by atoms with Gasteiger partial charge in [0.1, 0.15) is 5.54 Å². The lowest BCUT2D eigenvalue weighted by molar-refractivity contribution is -0.0559. The van der Waals surface area contributed by atoms with E-state index in [1.165, 1.54) is 11.1 Å². The highest BCUT2D eigenvalue weighted by molar-refractivity contribution is 9.10. The van der Waals surface area contributed by atoms with Gasteiger partial charge in [0, 0.05) is 17.0 Å². The van der Waals surface area contributed by atoms with Crippen LogP contribution in [0.5, 0.6) is 0 Å². The van der Waals surface area contributed by atoms with E-state index in [-0.39, 0.29) is 5.41 Å². The average molecular weight is 403 g/mol. The van der Waals surface area contributed by atoms with Crippen LogP contribution in [-0.4, -0.2) is 40.3 Å². The number of rotatable bonds is 1. The summed E-state index contributed by atoms with van der Waals surface area (Å²) in [5.41, 5.74) is 8.37. The van der Waals surface area contributed by atoms with Gasteiger partial charge < -0.3 is 15.2 Å². The molecule has 0 radical (unpaired) electrons. The predicted octanol–water partition coefficient (Wildman–Crippen LogP) is 1.29. The minimum absolute atomic E-state index is 0.0230. The lowest BCUT2D eigenvalue weighted by Crippen LogP contribution is -2.60. The highest BCUT2D eigenvalue weighted by Gasteiger charge is 2.68. The van der Waals surface area contributed by atoms with Crippen LogP contribution in [0.3, 0.4) is 0 Å². The summed E-state index contributed by atoms with van der Waals surface area (Å²) in [5, 5.41) is -0.469. The van der Waals surface area contributed by atoms with Gasteiger partial charge in [0.05, 0.1) is 11.5 Å². The summed E-state index contributed by atoms with van der Waals surface area (Å²) >= 11 is 3.65. The summed E-state index contributed by atoms with van der Waals surface area (Å²) in [4.78, 5) is 5.03. The summed E-state index contributed by atoms with van der Waals surface area (Å²) in [6.07, 6.45) is 4.55. The summed E-state index contributed by atoms with van der Waals surface area (Å²) < 4.78 is 12.9. The second-order valence-corrected chi connectivity index (χ2v) is 9.44. The van der Waals surface area contributed by atoms with E-state index in [4.69, 9.17) is 20.2 Å². The lowest BCUT2D eigenvalue weighted by Gasteiger charge is -2.53. The van der Waals surface area contributed by atoms with Crippen molar-refractivity contribution in [1.82, 2.24) is 0 Å². The Morgan fingerprint density at radius 3 is 2.76 bits per heavy atom. The molecule has 3 aliphatic rings. The Labute approximate surface area is 159 Å². The highest BCUT2D eigenvalue weighted by atomic mass is 79.9. The first-order valence-electron chi connectivity index (χ1n) is 9.11. The van der Waals surface area contributed by atoms with Gasteiger partial charge in [-0.3, -0.25) is 0 Å². The fraction of sp³-hybridized carbons (Fsp3) is 0.611. The molecule has 132 valence electrons. The van der Waals surface area contributed by atoms with E-state index in [1.807, 2.05) is 7.11 Å². The van der Waals surface area contributed by atoms with Crippen LogP contribution in [-0.2, 0) is 21.4 Å². The molecule has 0 bridgehead atoms. The first kappa shape index (κ1) is 17.5. The third kappa shape index (κ3) is 2.21. The molecule has 0 saturated heterocycles. The Kier molecular flexibility index (Phi) is 3.86. The van der Waals surface area contributed by atoms with Crippen molar-refractivity contribution in [3.05, 3.63) is 33.8 Å². The summed E-state index contributed by atoms with van der Waals surface area (Å²) in [7, 11) is 6.11. The number of hydrogen-bond donors (Lipinski definition) is 1. The van der Waals surface area contributed by atoms with Gasteiger partial charge in [0.2, 0.25) is 0 Å². The molecular weight excluding hydrogens is 378 g/mol. The summed E-state index contributed by atoms with van der Waals surface area (Å²) in [5.74, 6) is 0.487. The van der Waals surface area contributed by atoms with Crippen LogP contribution in [0, 0.1) is 11.3 Å². The Morgan fingerprint density at radius 1 is 1.40 bits per heavy atom. The molecule has 7 heteroatoms. The molecule has 2 spiro atoms. The second-order valence-electron chi connectivity index (χ2n) is 8.53. The third-order valence-electron chi connectivity index (χ3n) is 6.82. The molecule has 1 aromatic carbocycles. The number of hydrogen-bond acceptors (Lipinski definition) is 4. The molecule has 4 nitrogen and oxygen atoms in total. The van der Waals surface area contributed by atoms with Gasteiger partial charge in [-0.25, -0.2) is 4.99 Å². The third-order valence-corrected chi connectivity index (χ3v) is 7.32. The number of nitrogens with zero attached hydrogens (tertiary/aromatic N) is 1. The van der Waals surface area contributed by atoms with Crippen LogP contribution in [0.25, 0.3) is 0 Å². The smallest absolute Gasteiger partial charge is 0.282 e. The molecule has 0 amide bonds. The van der Waals surface area contributed by atoms with Crippen molar-refractivity contribution in [2.45, 2.75) is 49.6 Å². The molecule has 1 fully saturated rings. The SMILES string of the molecule is BC1(B)OC(N)=N[C@]12c1cc(Br)ccc1C[C@]21CC[C@@H](OC)[C@H](C)C1. The topological polar surface area (TPSA) is 56.8 Å². The fourth-order valence-electron chi connectivity index (χ4n) is 6.01. The molecule has 1 heterocycles. The maximum absolute atomic E-state index is 6.13. The quantitative estimate of drug-likeness (QED) is 0.720. The molecule has 0 unspecified atom stereocenters. The van der Waals surface area contributed by atoms with E-state index >= 15 is 0 Å². The number of fused-ring (bicyclic) bond motifs is 3. The number of methoxy groups -OCH3 is 1. The minimum atomic E-state index is -0.469. The molecule has 2 N–H and O–H groups in total. The minimum Gasteiger partial charge on any atom is -0.475 e. The fourth-order valence-corrected chi connectivity index (χ4v) is 6.37. The second kappa shape index (κ2) is 5.53. The van der Waals surface area contributed by atoms with E-state index < -0.39 is 10.9 Å². The van der Waals surface area contributed by atoms with E-state index in [0.717, 1.165) is 30.2 Å². The van der Waals surface area contributed by atoms with Gasteiger partial charge in [-0.1, -0.05) is 28.9 Å². The number of aliphatic imine (C=N–C) groups is 1. The van der Waals surface area contributed by atoms with Gasteiger partial charge in [-0.15, -0.1) is 0 Å². The number of nitrogens with two attached hydrogens (primary N) is 1. The molecular formula is C18H25B2BrN2O2. The predicted molar refractivity (Wildman–Crippen MR) is 108 cm³/mol. The number of amidine groups is 1. The maximum atomic E-state index is 6.13. The van der Waals surface area contributed by atoms with Crippen molar-refractivity contribution < 1.29 is 9.47 Å². The molecule has 1 aliphatic heterocycles. The molecule has 4 atom stereocenters. The van der Waals surface area contributed by atoms with Crippen LogP contribution in [0.2, 0.25) is 0 Å². The highest BCUT2D eigenvalue weighted by Crippen LogP contribution is 2.65. The number of benzene rings is 1. The molecule has 4 rings (SSSR count). The van der Waals surface area contributed by atoms with Crippen LogP contribution >= 0.6 is 15.9 Å². The monoisotopic (exact) mass is 402 g/mol. The van der Waals surface area contributed by atoms with Gasteiger partial charge in [-0.2, -0.15) is 0 Å². The maximum Gasteiger partial charge on any atom is 0.282 e. The largest absolute Gasteiger partial charge is 0.475 e. The van der Waals surface area contributed by atoms with Gasteiger partial charge in [0.25, 0.3) is 6.02 Å². The Balaban J connectivity index is 1.92. The zero-order chi connectivity index (χ0) is 18.0. The molecule has 25 heavy (non-hydrogen) atoms. The van der Waals surface area contributed by atoms with Crippen molar-refractivity contribution in [2.24, 2.45) is 22.1 Å². The van der Waals surface area contributed by atoms with Crippen molar-refractivity contribution >= 4 is 37.6 Å². The van der Waals surface area contributed by atoms with Gasteiger partial charge in [-0.05, 0) is 54.9 Å². The first-order chi connectivity index (χ1) is 11.7. The molecule has 0 aromatic heterocycles. The van der Waals surface area contributed by atoms with Crippen LogP contribution < -0.4 is 5.73 Å².